The van der Waals surface area contributed by atoms with Gasteiger partial charge in [-0.05, 0) is 25.0 Å². The molecule has 0 aliphatic rings. The van der Waals surface area contributed by atoms with E-state index in [1.165, 1.54) is 5.56 Å². The number of benzene rings is 1. The fraction of sp³-hybridized carbons (Fsp3) is 0.364. The SMILES string of the molecule is [CH2]CCCc1c(Br)cccc1OC. The van der Waals surface area contributed by atoms with Gasteiger partial charge in [0.05, 0.1) is 7.11 Å². The standard InChI is InChI=1S/C11H14BrO/c1-3-4-6-9-10(12)7-5-8-11(9)13-2/h5,7-8H,1,3-4,6H2,2H3. The van der Waals surface area contributed by atoms with Crippen molar-refractivity contribution in [3.05, 3.63) is 35.2 Å². The summed E-state index contributed by atoms with van der Waals surface area (Å²) < 4.78 is 6.40. The molecular formula is C11H14BrO. The highest BCUT2D eigenvalue weighted by atomic mass is 79.9. The second kappa shape index (κ2) is 5.28. The molecule has 1 nitrogen and oxygen atoms in total. The zero-order chi connectivity index (χ0) is 9.68. The van der Waals surface area contributed by atoms with Crippen molar-refractivity contribution in [1.82, 2.24) is 0 Å². The molecule has 0 N–H and O–H groups in total. The maximum Gasteiger partial charge on any atom is 0.123 e. The van der Waals surface area contributed by atoms with Crippen LogP contribution in [0.3, 0.4) is 0 Å². The van der Waals surface area contributed by atoms with Crippen LogP contribution in [0.2, 0.25) is 0 Å². The first kappa shape index (κ1) is 10.6. The molecule has 0 saturated heterocycles. The van der Waals surface area contributed by atoms with Crippen molar-refractivity contribution in [1.29, 1.82) is 0 Å². The summed E-state index contributed by atoms with van der Waals surface area (Å²) in [5, 5.41) is 0. The Bertz CT molecular complexity index is 271. The molecule has 0 amide bonds. The molecule has 1 aromatic carbocycles. The van der Waals surface area contributed by atoms with Crippen LogP contribution in [0.15, 0.2) is 22.7 Å². The van der Waals surface area contributed by atoms with Crippen LogP contribution < -0.4 is 4.74 Å². The molecule has 0 atom stereocenters. The highest BCUT2D eigenvalue weighted by molar-refractivity contribution is 9.10. The van der Waals surface area contributed by atoms with E-state index in [4.69, 9.17) is 4.74 Å². The van der Waals surface area contributed by atoms with Gasteiger partial charge in [0.25, 0.3) is 0 Å². The predicted molar refractivity (Wildman–Crippen MR) is 59.0 cm³/mol. The third kappa shape index (κ3) is 2.73. The Labute approximate surface area is 88.2 Å². The number of rotatable bonds is 4. The van der Waals surface area contributed by atoms with Crippen molar-refractivity contribution in [2.75, 3.05) is 7.11 Å². The number of methoxy groups -OCH3 is 1. The minimum Gasteiger partial charge on any atom is -0.496 e. The Balaban J connectivity index is 2.87. The van der Waals surface area contributed by atoms with Gasteiger partial charge in [-0.1, -0.05) is 35.3 Å². The van der Waals surface area contributed by atoms with Crippen LogP contribution in [0, 0.1) is 6.92 Å². The number of halogens is 1. The lowest BCUT2D eigenvalue weighted by atomic mass is 10.1. The summed E-state index contributed by atoms with van der Waals surface area (Å²) in [6.07, 6.45) is 3.08. The topological polar surface area (TPSA) is 9.23 Å². The molecule has 0 unspecified atom stereocenters. The Morgan fingerprint density at radius 2 is 2.23 bits per heavy atom. The van der Waals surface area contributed by atoms with Crippen LogP contribution in [-0.4, -0.2) is 7.11 Å². The average Bonchev–Trinajstić information content (AvgIpc) is 2.15. The lowest BCUT2D eigenvalue weighted by Gasteiger charge is -2.09. The van der Waals surface area contributed by atoms with Gasteiger partial charge >= 0.3 is 0 Å². The molecule has 0 aliphatic heterocycles. The van der Waals surface area contributed by atoms with Gasteiger partial charge in [0.15, 0.2) is 0 Å². The molecule has 0 bridgehead atoms. The van der Waals surface area contributed by atoms with Crippen molar-refractivity contribution >= 4 is 15.9 Å². The van der Waals surface area contributed by atoms with Crippen LogP contribution in [0.4, 0.5) is 0 Å². The Morgan fingerprint density at radius 3 is 2.85 bits per heavy atom. The first-order valence-corrected chi connectivity index (χ1v) is 5.19. The average molecular weight is 242 g/mol. The van der Waals surface area contributed by atoms with Gasteiger partial charge in [-0.25, -0.2) is 0 Å². The first-order chi connectivity index (χ1) is 6.29. The van der Waals surface area contributed by atoms with Gasteiger partial charge in [-0.15, -0.1) is 0 Å². The maximum absolute atomic E-state index is 5.27. The third-order valence-corrected chi connectivity index (χ3v) is 2.72. The molecule has 1 rings (SSSR count). The molecule has 0 aromatic heterocycles. The molecular weight excluding hydrogens is 228 g/mol. The number of hydrogen-bond acceptors (Lipinski definition) is 1. The monoisotopic (exact) mass is 241 g/mol. The summed E-state index contributed by atoms with van der Waals surface area (Å²) in [7, 11) is 1.70. The molecule has 0 fully saturated rings. The van der Waals surface area contributed by atoms with Crippen molar-refractivity contribution < 1.29 is 4.74 Å². The van der Waals surface area contributed by atoms with Crippen molar-refractivity contribution in [3.8, 4) is 5.75 Å². The van der Waals surface area contributed by atoms with Crippen LogP contribution in [0.1, 0.15) is 18.4 Å². The van der Waals surface area contributed by atoms with E-state index in [1.807, 2.05) is 18.2 Å². The molecule has 0 heterocycles. The molecule has 13 heavy (non-hydrogen) atoms. The summed E-state index contributed by atoms with van der Waals surface area (Å²) in [6, 6.07) is 6.01. The third-order valence-electron chi connectivity index (χ3n) is 1.97. The van der Waals surface area contributed by atoms with Gasteiger partial charge in [0, 0.05) is 10.0 Å². The minimum atomic E-state index is 0.961. The van der Waals surface area contributed by atoms with E-state index >= 15 is 0 Å². The fourth-order valence-electron chi connectivity index (χ4n) is 1.27. The summed E-state index contributed by atoms with van der Waals surface area (Å²) >= 11 is 3.52. The highest BCUT2D eigenvalue weighted by Gasteiger charge is 2.05. The van der Waals surface area contributed by atoms with Gasteiger partial charge in [0.2, 0.25) is 0 Å². The highest BCUT2D eigenvalue weighted by Crippen LogP contribution is 2.27. The van der Waals surface area contributed by atoms with Crippen molar-refractivity contribution in [2.45, 2.75) is 19.3 Å². The van der Waals surface area contributed by atoms with E-state index in [-0.39, 0.29) is 0 Å². The molecule has 2 heteroatoms. The van der Waals surface area contributed by atoms with E-state index in [1.54, 1.807) is 7.11 Å². The second-order valence-corrected chi connectivity index (χ2v) is 3.73. The van der Waals surface area contributed by atoms with Crippen LogP contribution in [0.25, 0.3) is 0 Å². The normalized spacial score (nSPS) is 10.1. The minimum absolute atomic E-state index is 0.961. The molecule has 0 saturated carbocycles. The van der Waals surface area contributed by atoms with Crippen molar-refractivity contribution in [2.24, 2.45) is 0 Å². The predicted octanol–water partition coefficient (Wildman–Crippen LogP) is 3.61. The lowest BCUT2D eigenvalue weighted by molar-refractivity contribution is 0.408. The van der Waals surface area contributed by atoms with E-state index in [0.717, 1.165) is 29.5 Å². The summed E-state index contributed by atoms with van der Waals surface area (Å²) in [6.45, 7) is 3.83. The van der Waals surface area contributed by atoms with Crippen LogP contribution in [-0.2, 0) is 6.42 Å². The van der Waals surface area contributed by atoms with E-state index < -0.39 is 0 Å². The van der Waals surface area contributed by atoms with E-state index in [9.17, 15) is 0 Å². The second-order valence-electron chi connectivity index (χ2n) is 2.88. The molecule has 0 spiro atoms. The number of hydrogen-bond donors (Lipinski definition) is 0. The molecule has 1 radical (unpaired) electrons. The Morgan fingerprint density at radius 1 is 1.46 bits per heavy atom. The maximum atomic E-state index is 5.27. The smallest absolute Gasteiger partial charge is 0.123 e. The van der Waals surface area contributed by atoms with Gasteiger partial charge in [0.1, 0.15) is 5.75 Å². The van der Waals surface area contributed by atoms with Gasteiger partial charge < -0.3 is 4.74 Å². The van der Waals surface area contributed by atoms with Crippen LogP contribution in [0.5, 0.6) is 5.75 Å². The van der Waals surface area contributed by atoms with E-state index in [0.29, 0.717) is 0 Å². The molecule has 71 valence electrons. The summed E-state index contributed by atoms with van der Waals surface area (Å²) in [5.41, 5.74) is 1.24. The number of unbranched alkanes of at least 4 members (excludes halogenated alkanes) is 1. The Kier molecular flexibility index (Phi) is 4.29. The van der Waals surface area contributed by atoms with Gasteiger partial charge in [-0.2, -0.15) is 0 Å². The quantitative estimate of drug-likeness (QED) is 0.783. The zero-order valence-corrected chi connectivity index (χ0v) is 9.43. The lowest BCUT2D eigenvalue weighted by Crippen LogP contribution is -1.93. The number of ether oxygens (including phenoxy) is 1. The summed E-state index contributed by atoms with van der Waals surface area (Å²) in [4.78, 5) is 0. The van der Waals surface area contributed by atoms with Crippen LogP contribution >= 0.6 is 15.9 Å². The van der Waals surface area contributed by atoms with Crippen molar-refractivity contribution in [3.63, 3.8) is 0 Å². The van der Waals surface area contributed by atoms with E-state index in [2.05, 4.69) is 22.9 Å². The molecule has 1 aromatic rings. The fourth-order valence-corrected chi connectivity index (χ4v) is 1.82. The Hall–Kier alpha value is -0.500. The molecule has 0 aliphatic carbocycles. The first-order valence-electron chi connectivity index (χ1n) is 4.40. The van der Waals surface area contributed by atoms with Gasteiger partial charge in [-0.3, -0.25) is 0 Å². The zero-order valence-electron chi connectivity index (χ0n) is 7.85. The largest absolute Gasteiger partial charge is 0.496 e. The summed E-state index contributed by atoms with van der Waals surface area (Å²) in [5.74, 6) is 0.961.